The van der Waals surface area contributed by atoms with Crippen LogP contribution in [0.5, 0.6) is 5.88 Å². The minimum absolute atomic E-state index is 0.227. The Morgan fingerprint density at radius 3 is 2.69 bits per heavy atom. The van der Waals surface area contributed by atoms with Gasteiger partial charge in [0.05, 0.1) is 0 Å². The predicted molar refractivity (Wildman–Crippen MR) is 64.4 cm³/mol. The van der Waals surface area contributed by atoms with Gasteiger partial charge in [0.25, 0.3) is 0 Å². The van der Waals surface area contributed by atoms with E-state index in [1.54, 1.807) is 0 Å². The summed E-state index contributed by atoms with van der Waals surface area (Å²) in [6.07, 6.45) is 0. The van der Waals surface area contributed by atoms with Crippen molar-refractivity contribution in [3.8, 4) is 5.88 Å². The summed E-state index contributed by atoms with van der Waals surface area (Å²) in [5.74, 6) is 0.970. The quantitative estimate of drug-likeness (QED) is 0.491. The first kappa shape index (κ1) is 12.3. The van der Waals surface area contributed by atoms with E-state index in [2.05, 4.69) is 20.6 Å². The van der Waals surface area contributed by atoms with Gasteiger partial charge in [0, 0.05) is 13.1 Å². The maximum Gasteiger partial charge on any atom is 0.244 e. The lowest BCUT2D eigenvalue weighted by Gasteiger charge is -2.11. The lowest BCUT2D eigenvalue weighted by Crippen LogP contribution is -2.18. The van der Waals surface area contributed by atoms with Crippen molar-refractivity contribution in [1.29, 1.82) is 0 Å². The van der Waals surface area contributed by atoms with Gasteiger partial charge in [0.1, 0.15) is 12.3 Å². The van der Waals surface area contributed by atoms with E-state index < -0.39 is 0 Å². The lowest BCUT2D eigenvalue weighted by molar-refractivity contribution is 0.308. The molecule has 0 radical (unpaired) electrons. The van der Waals surface area contributed by atoms with E-state index in [4.69, 9.17) is 16.2 Å². The van der Waals surface area contributed by atoms with Gasteiger partial charge in [-0.15, -0.1) is 0 Å². The zero-order chi connectivity index (χ0) is 12.0. The largest absolute Gasteiger partial charge is 0.475 e. The Morgan fingerprint density at radius 2 is 2.06 bits per heavy atom. The molecule has 0 aliphatic carbocycles. The number of aromatic nitrogens is 2. The first-order valence-electron chi connectivity index (χ1n) is 5.13. The number of nitrogens with two attached hydrogens (primary N) is 2. The molecule has 0 spiro atoms. The monoisotopic (exact) mass is 226 g/mol. The number of hydrogen-bond donors (Lipinski definition) is 4. The zero-order valence-corrected chi connectivity index (χ0v) is 9.58. The van der Waals surface area contributed by atoms with Crippen LogP contribution in [-0.4, -0.2) is 36.7 Å². The third kappa shape index (κ3) is 3.13. The Labute approximate surface area is 94.6 Å². The molecule has 1 heterocycles. The number of likely N-dealkylation sites (N-methyl/N-ethyl adjacent to an activating group) is 1. The smallest absolute Gasteiger partial charge is 0.244 e. The highest BCUT2D eigenvalue weighted by molar-refractivity contribution is 5.66. The van der Waals surface area contributed by atoms with E-state index >= 15 is 0 Å². The summed E-state index contributed by atoms with van der Waals surface area (Å²) in [6.45, 7) is 3.83. The second-order valence-corrected chi connectivity index (χ2v) is 3.13. The van der Waals surface area contributed by atoms with Gasteiger partial charge < -0.3 is 26.8 Å². The van der Waals surface area contributed by atoms with Gasteiger partial charge in [-0.3, -0.25) is 0 Å². The molecule has 0 amide bonds. The number of nitrogens with one attached hydrogen (secondary N) is 2. The molecule has 1 aromatic rings. The van der Waals surface area contributed by atoms with Gasteiger partial charge in [-0.2, -0.15) is 9.97 Å². The van der Waals surface area contributed by atoms with Gasteiger partial charge in [-0.05, 0) is 14.0 Å². The Bertz CT molecular complexity index is 343. The van der Waals surface area contributed by atoms with Crippen molar-refractivity contribution in [3.05, 3.63) is 0 Å². The van der Waals surface area contributed by atoms with E-state index in [9.17, 15) is 0 Å². The first-order valence-corrected chi connectivity index (χ1v) is 5.13. The van der Waals surface area contributed by atoms with Crippen LogP contribution in [0.3, 0.4) is 0 Å². The summed E-state index contributed by atoms with van der Waals surface area (Å²) in [5.41, 5.74) is 11.6. The minimum Gasteiger partial charge on any atom is -0.475 e. The van der Waals surface area contributed by atoms with E-state index in [0.29, 0.717) is 31.5 Å². The van der Waals surface area contributed by atoms with Crippen molar-refractivity contribution < 1.29 is 4.74 Å². The van der Waals surface area contributed by atoms with Crippen LogP contribution >= 0.6 is 0 Å². The standard InChI is InChI=1S/C9H18N6O/c1-3-13-9-14-7(11)6(10)8(15-9)16-5-4-12-2/h12H,3-5,10H2,1-2H3,(H3,11,13,14,15). The van der Waals surface area contributed by atoms with Crippen molar-refractivity contribution in [3.63, 3.8) is 0 Å². The van der Waals surface area contributed by atoms with Crippen LogP contribution in [0, 0.1) is 0 Å². The highest BCUT2D eigenvalue weighted by atomic mass is 16.5. The number of anilines is 3. The van der Waals surface area contributed by atoms with E-state index in [-0.39, 0.29) is 11.5 Å². The second kappa shape index (κ2) is 5.96. The van der Waals surface area contributed by atoms with E-state index in [1.807, 2.05) is 14.0 Å². The minimum atomic E-state index is 0.227. The molecule has 0 aliphatic rings. The lowest BCUT2D eigenvalue weighted by atomic mass is 10.4. The first-order chi connectivity index (χ1) is 7.69. The summed E-state index contributed by atoms with van der Waals surface area (Å²) < 4.78 is 5.39. The van der Waals surface area contributed by atoms with Crippen LogP contribution in [0.15, 0.2) is 0 Å². The molecular formula is C9H18N6O. The van der Waals surface area contributed by atoms with Crippen molar-refractivity contribution in [2.75, 3.05) is 43.5 Å². The Kier molecular flexibility index (Phi) is 4.59. The average Bonchev–Trinajstić information content (AvgIpc) is 2.25. The normalized spacial score (nSPS) is 10.1. The molecule has 90 valence electrons. The van der Waals surface area contributed by atoms with Gasteiger partial charge in [-0.25, -0.2) is 0 Å². The van der Waals surface area contributed by atoms with Crippen LogP contribution in [0.25, 0.3) is 0 Å². The third-order valence-electron chi connectivity index (χ3n) is 1.87. The number of rotatable bonds is 6. The third-order valence-corrected chi connectivity index (χ3v) is 1.87. The number of ether oxygens (including phenoxy) is 1. The summed E-state index contributed by atoms with van der Waals surface area (Å²) in [7, 11) is 1.84. The molecule has 7 heteroatoms. The Balaban J connectivity index is 2.79. The van der Waals surface area contributed by atoms with Crippen LogP contribution in [0.4, 0.5) is 17.5 Å². The van der Waals surface area contributed by atoms with Crippen LogP contribution in [0.2, 0.25) is 0 Å². The molecule has 0 bridgehead atoms. The van der Waals surface area contributed by atoms with E-state index in [1.165, 1.54) is 0 Å². The molecule has 0 saturated carbocycles. The Hall–Kier alpha value is -1.76. The molecule has 6 N–H and O–H groups in total. The number of nitrogens with zero attached hydrogens (tertiary/aromatic N) is 2. The second-order valence-electron chi connectivity index (χ2n) is 3.13. The van der Waals surface area contributed by atoms with Gasteiger partial charge in [0.2, 0.25) is 11.8 Å². The van der Waals surface area contributed by atoms with Crippen molar-refractivity contribution in [2.24, 2.45) is 0 Å². The zero-order valence-electron chi connectivity index (χ0n) is 9.58. The van der Waals surface area contributed by atoms with Crippen LogP contribution in [0.1, 0.15) is 6.92 Å². The molecule has 0 atom stereocenters. The van der Waals surface area contributed by atoms with Crippen molar-refractivity contribution in [1.82, 2.24) is 15.3 Å². The number of hydrogen-bond acceptors (Lipinski definition) is 7. The maximum atomic E-state index is 5.71. The highest BCUT2D eigenvalue weighted by Crippen LogP contribution is 2.24. The predicted octanol–water partition coefficient (Wildman–Crippen LogP) is -0.329. The van der Waals surface area contributed by atoms with Gasteiger partial charge in [-0.1, -0.05) is 0 Å². The molecule has 1 aromatic heterocycles. The summed E-state index contributed by atoms with van der Waals surface area (Å²) in [5, 5.41) is 5.91. The molecule has 16 heavy (non-hydrogen) atoms. The summed E-state index contributed by atoms with van der Waals surface area (Å²) >= 11 is 0. The molecule has 1 rings (SSSR count). The molecule has 0 fully saturated rings. The number of nitrogen functional groups attached to an aromatic ring is 2. The topological polar surface area (TPSA) is 111 Å². The molecule has 0 unspecified atom stereocenters. The summed E-state index contributed by atoms with van der Waals surface area (Å²) in [6, 6.07) is 0. The molecule has 7 nitrogen and oxygen atoms in total. The molecule has 0 aliphatic heterocycles. The fourth-order valence-electron chi connectivity index (χ4n) is 1.06. The van der Waals surface area contributed by atoms with Gasteiger partial charge in [0.15, 0.2) is 5.82 Å². The fourth-order valence-corrected chi connectivity index (χ4v) is 1.06. The van der Waals surface area contributed by atoms with Crippen molar-refractivity contribution in [2.45, 2.75) is 6.92 Å². The van der Waals surface area contributed by atoms with Crippen LogP contribution < -0.4 is 26.8 Å². The van der Waals surface area contributed by atoms with Gasteiger partial charge >= 0.3 is 0 Å². The molecule has 0 saturated heterocycles. The van der Waals surface area contributed by atoms with Crippen molar-refractivity contribution >= 4 is 17.5 Å². The van der Waals surface area contributed by atoms with E-state index in [0.717, 1.165) is 0 Å². The highest BCUT2D eigenvalue weighted by Gasteiger charge is 2.10. The average molecular weight is 226 g/mol. The maximum absolute atomic E-state index is 5.71. The fraction of sp³-hybridized carbons (Fsp3) is 0.556. The Morgan fingerprint density at radius 1 is 1.31 bits per heavy atom. The SMILES string of the molecule is CCNc1nc(N)c(N)c(OCCNC)n1. The molecular weight excluding hydrogens is 208 g/mol. The summed E-state index contributed by atoms with van der Waals surface area (Å²) in [4.78, 5) is 8.10. The van der Waals surface area contributed by atoms with Crippen LogP contribution in [-0.2, 0) is 0 Å². The molecule has 0 aromatic carbocycles.